The van der Waals surface area contributed by atoms with E-state index in [4.69, 9.17) is 4.74 Å². The number of carbonyl (C=O) groups excluding carboxylic acids is 1. The predicted octanol–water partition coefficient (Wildman–Crippen LogP) is 4.24. The number of ether oxygens (including phenoxy) is 1. The highest BCUT2D eigenvalue weighted by atomic mass is 79.9. The second-order valence-electron chi connectivity index (χ2n) is 5.05. The number of aromatic nitrogens is 2. The normalized spacial score (nSPS) is 10.2. The number of hydrogen-bond donors (Lipinski definition) is 2. The minimum atomic E-state index is -0.357. The summed E-state index contributed by atoms with van der Waals surface area (Å²) < 4.78 is 6.13. The van der Waals surface area contributed by atoms with E-state index in [-0.39, 0.29) is 11.6 Å². The Kier molecular flexibility index (Phi) is 5.25. The van der Waals surface area contributed by atoms with Crippen LogP contribution >= 0.6 is 15.9 Å². The van der Waals surface area contributed by atoms with Crippen LogP contribution in [0, 0.1) is 0 Å². The fourth-order valence-electron chi connectivity index (χ4n) is 2.14. The molecule has 1 amide bonds. The molecule has 7 heteroatoms. The van der Waals surface area contributed by atoms with Gasteiger partial charge in [-0.3, -0.25) is 4.79 Å². The highest BCUT2D eigenvalue weighted by Crippen LogP contribution is 2.25. The third kappa shape index (κ3) is 4.13. The smallest absolute Gasteiger partial charge is 0.275 e. The zero-order valence-corrected chi connectivity index (χ0v) is 14.9. The molecule has 2 aromatic carbocycles. The number of carbonyl (C=O) groups is 1. The standard InChI is InChI=1S/C18H15BrN4O2/c1-25-16-9-5-4-8-14(16)23-18(24)15-10-21-17(11-20-15)22-13-7-3-2-6-12(13)19/h2-11H,1H3,(H,21,22)(H,23,24). The van der Waals surface area contributed by atoms with Gasteiger partial charge < -0.3 is 15.4 Å². The van der Waals surface area contributed by atoms with Crippen LogP contribution in [0.4, 0.5) is 17.2 Å². The Labute approximate surface area is 153 Å². The van der Waals surface area contributed by atoms with Gasteiger partial charge in [0.2, 0.25) is 0 Å². The Morgan fingerprint density at radius 1 is 1.00 bits per heavy atom. The van der Waals surface area contributed by atoms with E-state index in [1.807, 2.05) is 36.4 Å². The summed E-state index contributed by atoms with van der Waals surface area (Å²) in [7, 11) is 1.55. The molecule has 0 saturated carbocycles. The number of methoxy groups -OCH3 is 1. The Balaban J connectivity index is 1.71. The van der Waals surface area contributed by atoms with E-state index < -0.39 is 0 Å². The lowest BCUT2D eigenvalue weighted by Crippen LogP contribution is -2.14. The van der Waals surface area contributed by atoms with Crippen LogP contribution in [0.15, 0.2) is 65.4 Å². The van der Waals surface area contributed by atoms with Crippen LogP contribution in [-0.2, 0) is 0 Å². The number of nitrogens with one attached hydrogen (secondary N) is 2. The maximum atomic E-state index is 12.3. The molecule has 6 nitrogen and oxygen atoms in total. The van der Waals surface area contributed by atoms with E-state index in [0.717, 1.165) is 10.2 Å². The van der Waals surface area contributed by atoms with E-state index in [2.05, 4.69) is 36.5 Å². The lowest BCUT2D eigenvalue weighted by atomic mass is 10.3. The number of para-hydroxylation sites is 3. The molecule has 126 valence electrons. The third-order valence-electron chi connectivity index (χ3n) is 3.38. The summed E-state index contributed by atoms with van der Waals surface area (Å²) in [5, 5.41) is 5.90. The van der Waals surface area contributed by atoms with Gasteiger partial charge >= 0.3 is 0 Å². The molecule has 0 aliphatic rings. The Bertz CT molecular complexity index is 884. The van der Waals surface area contributed by atoms with Crippen molar-refractivity contribution >= 4 is 39.0 Å². The van der Waals surface area contributed by atoms with Gasteiger partial charge in [-0.1, -0.05) is 24.3 Å². The SMILES string of the molecule is COc1ccccc1NC(=O)c1cnc(Nc2ccccc2Br)cn1. The molecule has 3 rings (SSSR count). The number of amides is 1. The summed E-state index contributed by atoms with van der Waals surface area (Å²) in [6.07, 6.45) is 2.93. The first kappa shape index (κ1) is 16.9. The summed E-state index contributed by atoms with van der Waals surface area (Å²) in [5.74, 6) is 0.765. The first-order valence-corrected chi connectivity index (χ1v) is 8.24. The van der Waals surface area contributed by atoms with Crippen molar-refractivity contribution in [2.24, 2.45) is 0 Å². The van der Waals surface area contributed by atoms with Crippen LogP contribution in [0.2, 0.25) is 0 Å². The summed E-state index contributed by atoms with van der Waals surface area (Å²) in [6, 6.07) is 14.8. The van der Waals surface area contributed by atoms with Crippen LogP contribution in [0.25, 0.3) is 0 Å². The predicted molar refractivity (Wildman–Crippen MR) is 100 cm³/mol. The quantitative estimate of drug-likeness (QED) is 0.671. The van der Waals surface area contributed by atoms with Gasteiger partial charge in [0.15, 0.2) is 0 Å². The summed E-state index contributed by atoms with van der Waals surface area (Å²) in [4.78, 5) is 20.7. The van der Waals surface area contributed by atoms with Gasteiger partial charge in [-0.25, -0.2) is 9.97 Å². The molecule has 3 aromatic rings. The van der Waals surface area contributed by atoms with Gasteiger partial charge in [0, 0.05) is 4.47 Å². The largest absolute Gasteiger partial charge is 0.495 e. The fraction of sp³-hybridized carbons (Fsp3) is 0.0556. The van der Waals surface area contributed by atoms with E-state index in [1.54, 1.807) is 19.2 Å². The highest BCUT2D eigenvalue weighted by molar-refractivity contribution is 9.10. The van der Waals surface area contributed by atoms with Crippen LogP contribution in [0.3, 0.4) is 0 Å². The fourth-order valence-corrected chi connectivity index (χ4v) is 2.53. The number of benzene rings is 2. The van der Waals surface area contributed by atoms with Gasteiger partial charge in [0.05, 0.1) is 30.9 Å². The zero-order valence-electron chi connectivity index (χ0n) is 13.4. The molecular formula is C18H15BrN4O2. The van der Waals surface area contributed by atoms with Crippen molar-refractivity contribution in [1.29, 1.82) is 0 Å². The van der Waals surface area contributed by atoms with E-state index in [0.29, 0.717) is 17.3 Å². The number of hydrogen-bond acceptors (Lipinski definition) is 5. The maximum absolute atomic E-state index is 12.3. The van der Waals surface area contributed by atoms with Gasteiger partial charge in [0.1, 0.15) is 17.3 Å². The van der Waals surface area contributed by atoms with Crippen molar-refractivity contribution in [2.75, 3.05) is 17.7 Å². The van der Waals surface area contributed by atoms with Gasteiger partial charge in [-0.2, -0.15) is 0 Å². The molecule has 0 fully saturated rings. The number of rotatable bonds is 5. The lowest BCUT2D eigenvalue weighted by Gasteiger charge is -2.10. The molecule has 0 aliphatic heterocycles. The lowest BCUT2D eigenvalue weighted by molar-refractivity contribution is 0.102. The van der Waals surface area contributed by atoms with Crippen molar-refractivity contribution in [3.8, 4) is 5.75 Å². The molecule has 0 unspecified atom stereocenters. The number of nitrogens with zero attached hydrogens (tertiary/aromatic N) is 2. The summed E-state index contributed by atoms with van der Waals surface area (Å²) >= 11 is 3.46. The molecule has 0 atom stereocenters. The second kappa shape index (κ2) is 7.76. The van der Waals surface area contributed by atoms with Gasteiger partial charge in [-0.15, -0.1) is 0 Å². The van der Waals surface area contributed by atoms with Crippen molar-refractivity contribution in [1.82, 2.24) is 9.97 Å². The second-order valence-corrected chi connectivity index (χ2v) is 5.90. The molecule has 2 N–H and O–H groups in total. The average Bonchev–Trinajstić information content (AvgIpc) is 2.64. The van der Waals surface area contributed by atoms with Crippen molar-refractivity contribution in [2.45, 2.75) is 0 Å². The Morgan fingerprint density at radius 3 is 2.40 bits per heavy atom. The number of halogens is 1. The zero-order chi connectivity index (χ0) is 17.6. The molecule has 0 radical (unpaired) electrons. The van der Waals surface area contributed by atoms with Gasteiger partial charge in [0.25, 0.3) is 5.91 Å². The molecule has 0 saturated heterocycles. The van der Waals surface area contributed by atoms with Crippen molar-refractivity contribution < 1.29 is 9.53 Å². The van der Waals surface area contributed by atoms with Crippen LogP contribution in [-0.4, -0.2) is 23.0 Å². The maximum Gasteiger partial charge on any atom is 0.275 e. The van der Waals surface area contributed by atoms with Crippen molar-refractivity contribution in [3.63, 3.8) is 0 Å². The first-order chi connectivity index (χ1) is 12.2. The molecule has 1 heterocycles. The van der Waals surface area contributed by atoms with E-state index in [1.165, 1.54) is 12.4 Å². The molecule has 1 aromatic heterocycles. The third-order valence-corrected chi connectivity index (χ3v) is 4.07. The topological polar surface area (TPSA) is 76.1 Å². The minimum absolute atomic E-state index is 0.212. The highest BCUT2D eigenvalue weighted by Gasteiger charge is 2.11. The average molecular weight is 399 g/mol. The molecule has 25 heavy (non-hydrogen) atoms. The van der Waals surface area contributed by atoms with Gasteiger partial charge in [-0.05, 0) is 40.2 Å². The van der Waals surface area contributed by atoms with E-state index in [9.17, 15) is 4.79 Å². The van der Waals surface area contributed by atoms with Crippen LogP contribution < -0.4 is 15.4 Å². The van der Waals surface area contributed by atoms with Crippen molar-refractivity contribution in [3.05, 3.63) is 71.1 Å². The van der Waals surface area contributed by atoms with Crippen LogP contribution in [0.1, 0.15) is 10.5 Å². The Hall–Kier alpha value is -2.93. The molecule has 0 aliphatic carbocycles. The van der Waals surface area contributed by atoms with E-state index >= 15 is 0 Å². The van der Waals surface area contributed by atoms with Crippen LogP contribution in [0.5, 0.6) is 5.75 Å². The minimum Gasteiger partial charge on any atom is -0.495 e. The molecular weight excluding hydrogens is 384 g/mol. The molecule has 0 spiro atoms. The Morgan fingerprint density at radius 2 is 1.72 bits per heavy atom. The molecule has 0 bridgehead atoms. The number of anilines is 3. The summed E-state index contributed by atoms with van der Waals surface area (Å²) in [6.45, 7) is 0. The summed E-state index contributed by atoms with van der Waals surface area (Å²) in [5.41, 5.74) is 1.65. The monoisotopic (exact) mass is 398 g/mol. The first-order valence-electron chi connectivity index (χ1n) is 7.45.